The summed E-state index contributed by atoms with van der Waals surface area (Å²) in [6.07, 6.45) is 3.78. The molecule has 0 radical (unpaired) electrons. The van der Waals surface area contributed by atoms with Gasteiger partial charge < -0.3 is 4.57 Å². The van der Waals surface area contributed by atoms with Gasteiger partial charge in [0.15, 0.2) is 0 Å². The van der Waals surface area contributed by atoms with Crippen molar-refractivity contribution < 1.29 is 0 Å². The van der Waals surface area contributed by atoms with Crippen LogP contribution in [0.3, 0.4) is 0 Å². The number of para-hydroxylation sites is 1. The van der Waals surface area contributed by atoms with E-state index < -0.39 is 5.41 Å². The molecule has 2 aliphatic carbocycles. The van der Waals surface area contributed by atoms with Gasteiger partial charge in [-0.3, -0.25) is 9.97 Å². The van der Waals surface area contributed by atoms with Gasteiger partial charge in [-0.05, 0) is 93.0 Å². The van der Waals surface area contributed by atoms with E-state index in [0.29, 0.717) is 0 Å². The number of aromatic nitrogens is 3. The molecule has 8 aromatic rings. The van der Waals surface area contributed by atoms with Gasteiger partial charge in [0.2, 0.25) is 0 Å². The van der Waals surface area contributed by atoms with E-state index in [9.17, 15) is 0 Å². The lowest BCUT2D eigenvalue weighted by molar-refractivity contribution is 0.790. The van der Waals surface area contributed by atoms with Crippen LogP contribution >= 0.6 is 0 Å². The lowest BCUT2D eigenvalue weighted by Crippen LogP contribution is -2.26. The van der Waals surface area contributed by atoms with Crippen LogP contribution in [0.5, 0.6) is 0 Å². The number of benzene rings is 5. The fourth-order valence-electron chi connectivity index (χ4n) is 7.97. The second-order valence-electron chi connectivity index (χ2n) is 11.8. The molecule has 5 aromatic carbocycles. The maximum absolute atomic E-state index is 4.90. The molecular weight excluding hydrogens is 534 g/mol. The Morgan fingerprint density at radius 1 is 0.432 bits per heavy atom. The summed E-state index contributed by atoms with van der Waals surface area (Å²) >= 11 is 0. The highest BCUT2D eigenvalue weighted by Gasteiger charge is 2.53. The van der Waals surface area contributed by atoms with E-state index >= 15 is 0 Å². The van der Waals surface area contributed by atoms with Crippen LogP contribution in [0, 0.1) is 0 Å². The molecule has 0 saturated carbocycles. The fraction of sp³-hybridized carbons (Fsp3) is 0.0244. The normalized spacial score (nSPS) is 13.6. The van der Waals surface area contributed by atoms with E-state index in [1.165, 1.54) is 66.3 Å². The first-order valence-electron chi connectivity index (χ1n) is 15.1. The monoisotopic (exact) mass is 559 g/mol. The smallest absolute Gasteiger partial charge is 0.0937 e. The molecule has 3 heterocycles. The number of fused-ring (bicyclic) bond motifs is 13. The van der Waals surface area contributed by atoms with Crippen LogP contribution in [0.2, 0.25) is 0 Å². The van der Waals surface area contributed by atoms with E-state index in [1.807, 2.05) is 12.4 Å². The molecule has 44 heavy (non-hydrogen) atoms. The van der Waals surface area contributed by atoms with Gasteiger partial charge in [-0.15, -0.1) is 0 Å². The highest BCUT2D eigenvalue weighted by molar-refractivity contribution is 6.13. The summed E-state index contributed by atoms with van der Waals surface area (Å²) in [6, 6.07) is 50.7. The molecule has 3 aromatic heterocycles. The highest BCUT2D eigenvalue weighted by Crippen LogP contribution is 2.62. The average molecular weight is 560 g/mol. The Balaban J connectivity index is 1.38. The summed E-state index contributed by atoms with van der Waals surface area (Å²) in [5, 5.41) is 2.49. The van der Waals surface area contributed by atoms with Crippen LogP contribution < -0.4 is 0 Å². The van der Waals surface area contributed by atoms with Gasteiger partial charge in [-0.1, -0.05) is 91.0 Å². The standard InChI is InChI=1S/C41H25N3/c1-3-11-26(12-4-1)27-19-20-37-31(23-27)32-24-36-30(25-38(32)44(37)28-13-5-2-6-14-28)29-15-7-8-16-33(29)41(36)34-17-9-21-42-39(34)40-35(41)18-10-22-43-40/h1-25H. The van der Waals surface area contributed by atoms with Crippen molar-refractivity contribution >= 4 is 21.8 Å². The summed E-state index contributed by atoms with van der Waals surface area (Å²) in [5.74, 6) is 0. The van der Waals surface area contributed by atoms with Crippen LogP contribution in [0.4, 0.5) is 0 Å². The summed E-state index contributed by atoms with van der Waals surface area (Å²) in [6.45, 7) is 0. The Bertz CT molecular complexity index is 2390. The number of rotatable bonds is 2. The number of hydrogen-bond acceptors (Lipinski definition) is 2. The van der Waals surface area contributed by atoms with E-state index in [0.717, 1.165) is 17.1 Å². The molecule has 0 N–H and O–H groups in total. The van der Waals surface area contributed by atoms with Crippen LogP contribution in [-0.2, 0) is 5.41 Å². The first-order valence-corrected chi connectivity index (χ1v) is 15.1. The zero-order chi connectivity index (χ0) is 28.8. The maximum Gasteiger partial charge on any atom is 0.0937 e. The zero-order valence-electron chi connectivity index (χ0n) is 23.8. The van der Waals surface area contributed by atoms with Crippen molar-refractivity contribution in [2.75, 3.05) is 0 Å². The van der Waals surface area contributed by atoms with Crippen molar-refractivity contribution in [3.05, 3.63) is 174 Å². The lowest BCUT2D eigenvalue weighted by Gasteiger charge is -2.29. The Labute approximate surface area is 254 Å². The van der Waals surface area contributed by atoms with Crippen molar-refractivity contribution in [1.82, 2.24) is 14.5 Å². The van der Waals surface area contributed by atoms with Gasteiger partial charge in [0, 0.05) is 28.9 Å². The Morgan fingerprint density at radius 3 is 1.82 bits per heavy atom. The number of hydrogen-bond donors (Lipinski definition) is 0. The molecule has 1 spiro atoms. The molecule has 0 fully saturated rings. The van der Waals surface area contributed by atoms with E-state index in [-0.39, 0.29) is 0 Å². The van der Waals surface area contributed by atoms with Gasteiger partial charge in [-0.2, -0.15) is 0 Å². The second-order valence-corrected chi connectivity index (χ2v) is 11.8. The SMILES string of the molecule is c1ccc(-c2ccc3c(c2)c2cc4c(cc2n3-c2ccccc2)-c2ccccc2C42c3cccnc3-c3ncccc32)cc1. The Morgan fingerprint density at radius 2 is 1.07 bits per heavy atom. The molecule has 10 rings (SSSR count). The number of nitrogens with zero attached hydrogens (tertiary/aromatic N) is 3. The minimum atomic E-state index is -0.481. The molecule has 0 bridgehead atoms. The van der Waals surface area contributed by atoms with Gasteiger partial charge in [-0.25, -0.2) is 0 Å². The molecule has 0 saturated heterocycles. The van der Waals surface area contributed by atoms with Crippen molar-refractivity contribution in [3.63, 3.8) is 0 Å². The van der Waals surface area contributed by atoms with Crippen LogP contribution in [0.15, 0.2) is 152 Å². The first kappa shape index (κ1) is 23.7. The van der Waals surface area contributed by atoms with Crippen LogP contribution in [-0.4, -0.2) is 14.5 Å². The summed E-state index contributed by atoms with van der Waals surface area (Å²) in [5.41, 5.74) is 15.0. The van der Waals surface area contributed by atoms with Crippen molar-refractivity contribution in [3.8, 4) is 39.3 Å². The molecule has 0 amide bonds. The predicted octanol–water partition coefficient (Wildman–Crippen LogP) is 9.58. The Hall–Kier alpha value is -5.80. The molecule has 2 aliphatic rings. The minimum absolute atomic E-state index is 0.481. The van der Waals surface area contributed by atoms with Crippen molar-refractivity contribution in [1.29, 1.82) is 0 Å². The molecule has 3 nitrogen and oxygen atoms in total. The average Bonchev–Trinajstić information content (AvgIpc) is 3.69. The number of pyridine rings is 2. The quantitative estimate of drug-likeness (QED) is 0.211. The van der Waals surface area contributed by atoms with E-state index in [4.69, 9.17) is 9.97 Å². The molecule has 204 valence electrons. The third-order valence-electron chi connectivity index (χ3n) is 9.70. The molecular formula is C41H25N3. The third-order valence-corrected chi connectivity index (χ3v) is 9.70. The lowest BCUT2D eigenvalue weighted by atomic mass is 9.71. The van der Waals surface area contributed by atoms with Crippen molar-refractivity contribution in [2.24, 2.45) is 0 Å². The third kappa shape index (κ3) is 2.91. The summed E-state index contributed by atoms with van der Waals surface area (Å²) in [7, 11) is 0. The van der Waals surface area contributed by atoms with Crippen molar-refractivity contribution in [2.45, 2.75) is 5.41 Å². The van der Waals surface area contributed by atoms with E-state index in [1.54, 1.807) is 0 Å². The zero-order valence-corrected chi connectivity index (χ0v) is 23.8. The molecule has 0 atom stereocenters. The molecule has 0 aliphatic heterocycles. The topological polar surface area (TPSA) is 30.7 Å². The van der Waals surface area contributed by atoms with Crippen LogP contribution in [0.25, 0.3) is 61.1 Å². The Kier molecular flexibility index (Phi) is 4.65. The van der Waals surface area contributed by atoms with Gasteiger partial charge in [0.05, 0.1) is 27.8 Å². The highest BCUT2D eigenvalue weighted by atomic mass is 15.0. The van der Waals surface area contributed by atoms with Gasteiger partial charge in [0.1, 0.15) is 0 Å². The van der Waals surface area contributed by atoms with Gasteiger partial charge >= 0.3 is 0 Å². The first-order chi connectivity index (χ1) is 21.8. The largest absolute Gasteiger partial charge is 0.309 e. The van der Waals surface area contributed by atoms with E-state index in [2.05, 4.69) is 144 Å². The molecule has 3 heteroatoms. The van der Waals surface area contributed by atoms with Gasteiger partial charge in [0.25, 0.3) is 0 Å². The predicted molar refractivity (Wildman–Crippen MR) is 178 cm³/mol. The maximum atomic E-state index is 4.90. The summed E-state index contributed by atoms with van der Waals surface area (Å²) in [4.78, 5) is 9.80. The second kappa shape index (κ2) is 8.62. The minimum Gasteiger partial charge on any atom is -0.309 e. The fourth-order valence-corrected chi connectivity index (χ4v) is 7.97. The summed E-state index contributed by atoms with van der Waals surface area (Å²) < 4.78 is 2.42. The molecule has 0 unspecified atom stereocenters. The van der Waals surface area contributed by atoms with Crippen LogP contribution in [0.1, 0.15) is 22.3 Å².